The maximum atomic E-state index is 12.2. The predicted molar refractivity (Wildman–Crippen MR) is 84.2 cm³/mol. The highest BCUT2D eigenvalue weighted by molar-refractivity contribution is 6.01. The maximum absolute atomic E-state index is 12.2. The summed E-state index contributed by atoms with van der Waals surface area (Å²) in [6.07, 6.45) is 0.437. The van der Waals surface area contributed by atoms with Gasteiger partial charge in [-0.1, -0.05) is 37.3 Å². The van der Waals surface area contributed by atoms with Crippen molar-refractivity contribution < 1.29 is 14.3 Å². The Morgan fingerprint density at radius 1 is 1.18 bits per heavy atom. The number of ether oxygens (including phenoxy) is 1. The summed E-state index contributed by atoms with van der Waals surface area (Å²) < 4.78 is 5.47. The smallest absolute Gasteiger partial charge is 0.265 e. The zero-order valence-corrected chi connectivity index (χ0v) is 12.4. The molecule has 22 heavy (non-hydrogen) atoms. The highest BCUT2D eigenvalue weighted by atomic mass is 16.5. The second-order valence-corrected chi connectivity index (χ2v) is 5.21. The van der Waals surface area contributed by atoms with E-state index in [-0.39, 0.29) is 18.3 Å². The van der Waals surface area contributed by atoms with Crippen molar-refractivity contribution in [3.05, 3.63) is 59.7 Å². The van der Waals surface area contributed by atoms with Gasteiger partial charge >= 0.3 is 0 Å². The predicted octanol–water partition coefficient (Wildman–Crippen LogP) is 3.20. The van der Waals surface area contributed by atoms with Crippen LogP contribution in [-0.2, 0) is 11.3 Å². The molecule has 0 saturated heterocycles. The van der Waals surface area contributed by atoms with Gasteiger partial charge in [0, 0.05) is 12.0 Å². The molecule has 4 nitrogen and oxygen atoms in total. The number of nitrogens with zero attached hydrogens (tertiary/aromatic N) is 1. The molecule has 1 amide bonds. The van der Waals surface area contributed by atoms with Crippen molar-refractivity contribution >= 4 is 17.4 Å². The molecule has 3 rings (SSSR count). The summed E-state index contributed by atoms with van der Waals surface area (Å²) >= 11 is 0. The fraction of sp³-hybridized carbons (Fsp3) is 0.222. The van der Waals surface area contributed by atoms with Gasteiger partial charge in [0.25, 0.3) is 5.91 Å². The first kappa shape index (κ1) is 14.3. The van der Waals surface area contributed by atoms with E-state index >= 15 is 0 Å². The van der Waals surface area contributed by atoms with Gasteiger partial charge in [-0.15, -0.1) is 0 Å². The van der Waals surface area contributed by atoms with E-state index in [4.69, 9.17) is 4.74 Å². The first-order chi connectivity index (χ1) is 10.7. The molecule has 2 aromatic rings. The summed E-state index contributed by atoms with van der Waals surface area (Å²) in [5, 5.41) is 0. The minimum Gasteiger partial charge on any atom is -0.482 e. The van der Waals surface area contributed by atoms with Gasteiger partial charge in [0.05, 0.1) is 12.2 Å². The summed E-state index contributed by atoms with van der Waals surface area (Å²) in [6, 6.07) is 15.0. The molecule has 0 atom stereocenters. The lowest BCUT2D eigenvalue weighted by atomic mass is 10.1. The summed E-state index contributed by atoms with van der Waals surface area (Å²) in [6.45, 7) is 2.33. The zero-order chi connectivity index (χ0) is 15.5. The third kappa shape index (κ3) is 2.72. The Hall–Kier alpha value is -2.62. The maximum Gasteiger partial charge on any atom is 0.265 e. The summed E-state index contributed by atoms with van der Waals surface area (Å²) in [5.74, 6) is 0.598. The van der Waals surface area contributed by atoms with Crippen LogP contribution in [0.4, 0.5) is 5.69 Å². The molecule has 0 N–H and O–H groups in total. The molecular formula is C18H17NO3. The molecule has 0 aliphatic carbocycles. The number of hydrogen-bond acceptors (Lipinski definition) is 3. The largest absolute Gasteiger partial charge is 0.482 e. The number of carbonyl (C=O) groups is 2. The van der Waals surface area contributed by atoms with Crippen molar-refractivity contribution in [2.24, 2.45) is 0 Å². The quantitative estimate of drug-likeness (QED) is 0.814. The molecule has 0 bridgehead atoms. The fourth-order valence-corrected chi connectivity index (χ4v) is 2.52. The van der Waals surface area contributed by atoms with E-state index < -0.39 is 0 Å². The van der Waals surface area contributed by atoms with Crippen molar-refractivity contribution in [2.75, 3.05) is 11.5 Å². The summed E-state index contributed by atoms with van der Waals surface area (Å²) in [5.41, 5.74) is 2.31. The van der Waals surface area contributed by atoms with Gasteiger partial charge in [-0.3, -0.25) is 9.59 Å². The molecule has 0 fully saturated rings. The van der Waals surface area contributed by atoms with Crippen LogP contribution in [-0.4, -0.2) is 18.3 Å². The molecule has 0 unspecified atom stereocenters. The van der Waals surface area contributed by atoms with Crippen LogP contribution in [0, 0.1) is 0 Å². The van der Waals surface area contributed by atoms with Crippen LogP contribution in [0.3, 0.4) is 0 Å². The first-order valence-corrected chi connectivity index (χ1v) is 7.33. The van der Waals surface area contributed by atoms with Crippen LogP contribution in [0.15, 0.2) is 48.5 Å². The van der Waals surface area contributed by atoms with Crippen molar-refractivity contribution in [1.29, 1.82) is 0 Å². The Kier molecular flexibility index (Phi) is 3.92. The monoisotopic (exact) mass is 295 g/mol. The normalized spacial score (nSPS) is 13.5. The van der Waals surface area contributed by atoms with Gasteiger partial charge in [0.1, 0.15) is 5.75 Å². The van der Waals surface area contributed by atoms with E-state index in [9.17, 15) is 9.59 Å². The standard InChI is InChI=1S/C18H17NO3/c1-2-16(20)14-8-9-17-15(10-14)19(18(21)12-22-17)11-13-6-4-3-5-7-13/h3-10H,2,11-12H2,1H3. The zero-order valence-electron chi connectivity index (χ0n) is 12.4. The van der Waals surface area contributed by atoms with Gasteiger partial charge in [-0.2, -0.15) is 0 Å². The van der Waals surface area contributed by atoms with E-state index in [1.807, 2.05) is 37.3 Å². The average molecular weight is 295 g/mol. The Morgan fingerprint density at radius 3 is 2.68 bits per heavy atom. The lowest BCUT2D eigenvalue weighted by Crippen LogP contribution is -2.38. The fourth-order valence-electron chi connectivity index (χ4n) is 2.52. The van der Waals surface area contributed by atoms with Crippen LogP contribution >= 0.6 is 0 Å². The summed E-state index contributed by atoms with van der Waals surface area (Å²) in [7, 11) is 0. The van der Waals surface area contributed by atoms with Gasteiger partial charge in [-0.25, -0.2) is 0 Å². The second-order valence-electron chi connectivity index (χ2n) is 5.21. The van der Waals surface area contributed by atoms with E-state index in [2.05, 4.69) is 0 Å². The number of benzene rings is 2. The van der Waals surface area contributed by atoms with E-state index in [1.54, 1.807) is 23.1 Å². The Balaban J connectivity index is 1.98. The van der Waals surface area contributed by atoms with Crippen LogP contribution in [0.1, 0.15) is 29.3 Å². The molecule has 0 spiro atoms. The number of anilines is 1. The molecule has 0 radical (unpaired) electrons. The topological polar surface area (TPSA) is 46.6 Å². The third-order valence-electron chi connectivity index (χ3n) is 3.73. The Bertz CT molecular complexity index is 710. The molecule has 2 aromatic carbocycles. The van der Waals surface area contributed by atoms with Crippen molar-refractivity contribution in [1.82, 2.24) is 0 Å². The number of ketones is 1. The third-order valence-corrected chi connectivity index (χ3v) is 3.73. The van der Waals surface area contributed by atoms with Crippen LogP contribution in [0.5, 0.6) is 5.75 Å². The molecule has 0 saturated carbocycles. The Morgan fingerprint density at radius 2 is 1.95 bits per heavy atom. The first-order valence-electron chi connectivity index (χ1n) is 7.33. The van der Waals surface area contributed by atoms with Crippen molar-refractivity contribution in [2.45, 2.75) is 19.9 Å². The number of amides is 1. The van der Waals surface area contributed by atoms with Crippen LogP contribution < -0.4 is 9.64 Å². The molecule has 0 aromatic heterocycles. The molecule has 1 heterocycles. The van der Waals surface area contributed by atoms with Crippen LogP contribution in [0.2, 0.25) is 0 Å². The van der Waals surface area contributed by atoms with Crippen molar-refractivity contribution in [3.8, 4) is 5.75 Å². The van der Waals surface area contributed by atoms with Gasteiger partial charge in [-0.05, 0) is 23.8 Å². The molecule has 4 heteroatoms. The Labute approximate surface area is 129 Å². The number of Topliss-reactive ketones (excluding diaryl/α,β-unsaturated/α-hetero) is 1. The molecule has 112 valence electrons. The number of fused-ring (bicyclic) bond motifs is 1. The molecule has 1 aliphatic heterocycles. The van der Waals surface area contributed by atoms with Gasteiger partial charge < -0.3 is 9.64 Å². The number of carbonyl (C=O) groups excluding carboxylic acids is 2. The van der Waals surface area contributed by atoms with Gasteiger partial charge in [0.2, 0.25) is 0 Å². The number of hydrogen-bond donors (Lipinski definition) is 0. The van der Waals surface area contributed by atoms with E-state index in [0.29, 0.717) is 30.0 Å². The minimum atomic E-state index is -0.0996. The van der Waals surface area contributed by atoms with Crippen LogP contribution in [0.25, 0.3) is 0 Å². The lowest BCUT2D eigenvalue weighted by Gasteiger charge is -2.29. The summed E-state index contributed by atoms with van der Waals surface area (Å²) in [4.78, 5) is 25.8. The average Bonchev–Trinajstić information content (AvgIpc) is 2.57. The highest BCUT2D eigenvalue weighted by Gasteiger charge is 2.26. The molecular weight excluding hydrogens is 278 g/mol. The van der Waals surface area contributed by atoms with E-state index in [0.717, 1.165) is 5.56 Å². The lowest BCUT2D eigenvalue weighted by molar-refractivity contribution is -0.121. The second kappa shape index (κ2) is 6.02. The molecule has 1 aliphatic rings. The minimum absolute atomic E-state index is 0.0287. The van der Waals surface area contributed by atoms with Gasteiger partial charge in [0.15, 0.2) is 12.4 Å². The van der Waals surface area contributed by atoms with Crippen molar-refractivity contribution in [3.63, 3.8) is 0 Å². The van der Waals surface area contributed by atoms with E-state index in [1.165, 1.54) is 0 Å². The number of rotatable bonds is 4. The SMILES string of the molecule is CCC(=O)c1ccc2c(c1)N(Cc1ccccc1)C(=O)CO2. The highest BCUT2D eigenvalue weighted by Crippen LogP contribution is 2.34.